The summed E-state index contributed by atoms with van der Waals surface area (Å²) >= 11 is 1.54. The van der Waals surface area contributed by atoms with Gasteiger partial charge in [-0.2, -0.15) is 0 Å². The van der Waals surface area contributed by atoms with Crippen LogP contribution in [0.3, 0.4) is 0 Å². The molecule has 4 rings (SSSR count). The van der Waals surface area contributed by atoms with E-state index in [4.69, 9.17) is 0 Å². The first-order valence-electron chi connectivity index (χ1n) is 9.43. The van der Waals surface area contributed by atoms with E-state index in [0.29, 0.717) is 23.5 Å². The highest BCUT2D eigenvalue weighted by Gasteiger charge is 2.25. The van der Waals surface area contributed by atoms with Crippen molar-refractivity contribution in [2.45, 2.75) is 25.9 Å². The summed E-state index contributed by atoms with van der Waals surface area (Å²) in [4.78, 5) is 29.2. The lowest BCUT2D eigenvalue weighted by molar-refractivity contribution is 0.0736. The molecule has 2 amide bonds. The molecule has 1 aliphatic rings. The van der Waals surface area contributed by atoms with Crippen LogP contribution in [0, 0.1) is 0 Å². The number of thiophene rings is 1. The summed E-state index contributed by atoms with van der Waals surface area (Å²) in [6.07, 6.45) is 0.792. The number of amides is 2. The van der Waals surface area contributed by atoms with Crippen molar-refractivity contribution in [3.8, 4) is 0 Å². The highest BCUT2D eigenvalue weighted by atomic mass is 32.1. The molecule has 0 fully saturated rings. The second-order valence-electron chi connectivity index (χ2n) is 7.01. The molecule has 2 heterocycles. The lowest BCUT2D eigenvalue weighted by Crippen LogP contribution is -2.35. The minimum atomic E-state index is -0.0586. The summed E-state index contributed by atoms with van der Waals surface area (Å²) in [5, 5.41) is 3.07. The van der Waals surface area contributed by atoms with Gasteiger partial charge in [0, 0.05) is 23.5 Å². The first-order valence-corrected chi connectivity index (χ1v) is 10.2. The van der Waals surface area contributed by atoms with Crippen LogP contribution in [0.1, 0.15) is 49.0 Å². The van der Waals surface area contributed by atoms with Crippen LogP contribution < -0.4 is 5.32 Å². The zero-order valence-electron chi connectivity index (χ0n) is 15.7. The molecule has 2 aromatic carbocycles. The van der Waals surface area contributed by atoms with E-state index in [2.05, 4.69) is 5.32 Å². The predicted octanol–water partition coefficient (Wildman–Crippen LogP) is 4.44. The molecular formula is C23H22N2O2S. The summed E-state index contributed by atoms with van der Waals surface area (Å²) in [5.74, 6) is -0.0159. The molecule has 0 bridgehead atoms. The number of benzene rings is 2. The third kappa shape index (κ3) is 3.85. The molecule has 3 aromatic rings. The highest BCUT2D eigenvalue weighted by Crippen LogP contribution is 2.29. The first kappa shape index (κ1) is 18.4. The normalized spacial score (nSPS) is 14.2. The summed E-state index contributed by atoms with van der Waals surface area (Å²) in [6.45, 7) is 3.23. The summed E-state index contributed by atoms with van der Waals surface area (Å²) in [7, 11) is 0. The number of hydrogen-bond acceptors (Lipinski definition) is 3. The van der Waals surface area contributed by atoms with Crippen molar-refractivity contribution in [2.24, 2.45) is 0 Å². The maximum Gasteiger partial charge on any atom is 0.261 e. The molecule has 142 valence electrons. The van der Waals surface area contributed by atoms with Crippen LogP contribution in [0.25, 0.3) is 0 Å². The Morgan fingerprint density at radius 1 is 1.04 bits per heavy atom. The Bertz CT molecular complexity index is 982. The SMILES string of the molecule is C[C@@H](NC(=O)c1cc2c(s1)CCN(C(=O)c1ccccc1)C2)c1ccccc1. The molecule has 0 aliphatic carbocycles. The highest BCUT2D eigenvalue weighted by molar-refractivity contribution is 7.14. The van der Waals surface area contributed by atoms with Gasteiger partial charge in [-0.05, 0) is 42.7 Å². The van der Waals surface area contributed by atoms with Gasteiger partial charge in [-0.15, -0.1) is 11.3 Å². The Morgan fingerprint density at radius 3 is 2.43 bits per heavy atom. The maximum absolute atomic E-state index is 12.7. The number of carbonyl (C=O) groups excluding carboxylic acids is 2. The fraction of sp³-hybridized carbons (Fsp3) is 0.217. The second kappa shape index (κ2) is 7.98. The average Bonchev–Trinajstić information content (AvgIpc) is 3.18. The van der Waals surface area contributed by atoms with Gasteiger partial charge in [0.2, 0.25) is 0 Å². The van der Waals surface area contributed by atoms with Crippen molar-refractivity contribution in [3.05, 3.63) is 93.2 Å². The first-order chi connectivity index (χ1) is 13.6. The van der Waals surface area contributed by atoms with E-state index in [0.717, 1.165) is 17.5 Å². The third-order valence-electron chi connectivity index (χ3n) is 5.05. The van der Waals surface area contributed by atoms with E-state index < -0.39 is 0 Å². The fourth-order valence-corrected chi connectivity index (χ4v) is 4.54. The van der Waals surface area contributed by atoms with Crippen molar-refractivity contribution in [1.82, 2.24) is 10.2 Å². The van der Waals surface area contributed by atoms with E-state index in [-0.39, 0.29) is 17.9 Å². The lowest BCUT2D eigenvalue weighted by Gasteiger charge is -2.27. The van der Waals surface area contributed by atoms with Crippen LogP contribution in [0.2, 0.25) is 0 Å². The number of carbonyl (C=O) groups is 2. The molecule has 0 saturated heterocycles. The maximum atomic E-state index is 12.7. The topological polar surface area (TPSA) is 49.4 Å². The average molecular weight is 391 g/mol. The van der Waals surface area contributed by atoms with E-state index in [1.165, 1.54) is 4.88 Å². The van der Waals surface area contributed by atoms with Gasteiger partial charge in [-0.3, -0.25) is 9.59 Å². The second-order valence-corrected chi connectivity index (χ2v) is 8.14. The van der Waals surface area contributed by atoms with Crippen LogP contribution in [0.15, 0.2) is 66.7 Å². The summed E-state index contributed by atoms with van der Waals surface area (Å²) in [6, 6.07) is 21.2. The quantitative estimate of drug-likeness (QED) is 0.716. The summed E-state index contributed by atoms with van der Waals surface area (Å²) in [5.41, 5.74) is 2.87. The summed E-state index contributed by atoms with van der Waals surface area (Å²) < 4.78 is 0. The van der Waals surface area contributed by atoms with Crippen molar-refractivity contribution in [3.63, 3.8) is 0 Å². The van der Waals surface area contributed by atoms with Crippen LogP contribution in [0.5, 0.6) is 0 Å². The standard InChI is InChI=1S/C23H22N2O2S/c1-16(17-8-4-2-5-9-17)24-22(26)21-14-19-15-25(13-12-20(19)28-21)23(27)18-10-6-3-7-11-18/h2-11,14,16H,12-13,15H2,1H3,(H,24,26)/t16-/m1/s1. The Labute approximate surface area is 168 Å². The lowest BCUT2D eigenvalue weighted by atomic mass is 10.1. The molecule has 0 saturated carbocycles. The molecule has 1 N–H and O–H groups in total. The monoisotopic (exact) mass is 390 g/mol. The van der Waals surface area contributed by atoms with E-state index in [9.17, 15) is 9.59 Å². The molecule has 0 unspecified atom stereocenters. The van der Waals surface area contributed by atoms with Gasteiger partial charge in [0.15, 0.2) is 0 Å². The van der Waals surface area contributed by atoms with E-state index in [1.54, 1.807) is 11.3 Å². The van der Waals surface area contributed by atoms with Gasteiger partial charge in [-0.25, -0.2) is 0 Å². The molecule has 1 atom stereocenters. The van der Waals surface area contributed by atoms with Crippen LogP contribution in [-0.2, 0) is 13.0 Å². The Morgan fingerprint density at radius 2 is 1.71 bits per heavy atom. The minimum absolute atomic E-state index is 0.0427. The van der Waals surface area contributed by atoms with Gasteiger partial charge in [0.1, 0.15) is 0 Å². The number of nitrogens with zero attached hydrogens (tertiary/aromatic N) is 1. The van der Waals surface area contributed by atoms with Crippen molar-refractivity contribution >= 4 is 23.2 Å². The van der Waals surface area contributed by atoms with Gasteiger partial charge in [0.25, 0.3) is 11.8 Å². The van der Waals surface area contributed by atoms with Gasteiger partial charge < -0.3 is 10.2 Å². The van der Waals surface area contributed by atoms with Gasteiger partial charge >= 0.3 is 0 Å². The number of rotatable bonds is 4. The molecule has 1 aromatic heterocycles. The zero-order chi connectivity index (χ0) is 19.5. The van der Waals surface area contributed by atoms with Crippen molar-refractivity contribution in [2.75, 3.05) is 6.54 Å². The number of nitrogens with one attached hydrogen (secondary N) is 1. The Kier molecular flexibility index (Phi) is 5.26. The number of fused-ring (bicyclic) bond motifs is 1. The third-order valence-corrected chi connectivity index (χ3v) is 6.28. The smallest absolute Gasteiger partial charge is 0.261 e. The largest absolute Gasteiger partial charge is 0.345 e. The van der Waals surface area contributed by atoms with Crippen LogP contribution >= 0.6 is 11.3 Å². The Balaban J connectivity index is 1.45. The molecule has 0 radical (unpaired) electrons. The zero-order valence-corrected chi connectivity index (χ0v) is 16.5. The fourth-order valence-electron chi connectivity index (χ4n) is 3.47. The van der Waals surface area contributed by atoms with Crippen LogP contribution in [0.4, 0.5) is 0 Å². The van der Waals surface area contributed by atoms with Crippen molar-refractivity contribution in [1.29, 1.82) is 0 Å². The predicted molar refractivity (Wildman–Crippen MR) is 112 cm³/mol. The molecular weight excluding hydrogens is 368 g/mol. The van der Waals surface area contributed by atoms with Crippen molar-refractivity contribution < 1.29 is 9.59 Å². The Hall–Kier alpha value is -2.92. The van der Waals surface area contributed by atoms with Gasteiger partial charge in [-0.1, -0.05) is 48.5 Å². The molecule has 0 spiro atoms. The van der Waals surface area contributed by atoms with E-state index in [1.807, 2.05) is 78.6 Å². The minimum Gasteiger partial charge on any atom is -0.345 e. The molecule has 1 aliphatic heterocycles. The van der Waals surface area contributed by atoms with E-state index >= 15 is 0 Å². The number of hydrogen-bond donors (Lipinski definition) is 1. The molecule has 4 nitrogen and oxygen atoms in total. The molecule has 28 heavy (non-hydrogen) atoms. The molecule has 5 heteroatoms. The van der Waals surface area contributed by atoms with Gasteiger partial charge in [0.05, 0.1) is 10.9 Å². The van der Waals surface area contributed by atoms with Crippen LogP contribution in [-0.4, -0.2) is 23.3 Å².